The van der Waals surface area contributed by atoms with Crippen molar-refractivity contribution in [2.45, 2.75) is 64.6 Å². The summed E-state index contributed by atoms with van der Waals surface area (Å²) >= 11 is 0. The van der Waals surface area contributed by atoms with E-state index in [0.717, 1.165) is 19.4 Å². The first-order valence-electron chi connectivity index (χ1n) is 7.97. The number of likely N-dealkylation sites (tertiary alicyclic amines) is 1. The van der Waals surface area contributed by atoms with Crippen LogP contribution in [0.25, 0.3) is 0 Å². The Bertz CT molecular complexity index is 248. The van der Waals surface area contributed by atoms with Gasteiger partial charge in [0.25, 0.3) is 0 Å². The standard InChI is InChI=1S/C15H29F3N2/c1-3-5-6-13(4-2)11-19-14-7-9-20(10-8-14)12-15(16,17)18/h13-14,19H,3-12H2,1-2H3. The molecule has 0 amide bonds. The zero-order chi connectivity index (χ0) is 15.0. The van der Waals surface area contributed by atoms with Crippen molar-refractivity contribution >= 4 is 0 Å². The van der Waals surface area contributed by atoms with Gasteiger partial charge in [0, 0.05) is 6.04 Å². The quantitative estimate of drug-likeness (QED) is 0.732. The second kappa shape index (κ2) is 8.88. The van der Waals surface area contributed by atoms with Gasteiger partial charge in [0.05, 0.1) is 6.54 Å². The van der Waals surface area contributed by atoms with Crippen molar-refractivity contribution in [1.82, 2.24) is 10.2 Å². The Morgan fingerprint density at radius 3 is 2.35 bits per heavy atom. The molecule has 0 bridgehead atoms. The number of nitrogens with zero attached hydrogens (tertiary/aromatic N) is 1. The summed E-state index contributed by atoms with van der Waals surface area (Å²) in [5, 5.41) is 3.56. The minimum Gasteiger partial charge on any atom is -0.314 e. The monoisotopic (exact) mass is 294 g/mol. The molecular formula is C15H29F3N2. The van der Waals surface area contributed by atoms with Crippen LogP contribution in [0, 0.1) is 5.92 Å². The number of halogens is 3. The van der Waals surface area contributed by atoms with Crippen molar-refractivity contribution < 1.29 is 13.2 Å². The largest absolute Gasteiger partial charge is 0.401 e. The highest BCUT2D eigenvalue weighted by Gasteiger charge is 2.32. The van der Waals surface area contributed by atoms with E-state index in [0.29, 0.717) is 25.0 Å². The van der Waals surface area contributed by atoms with Gasteiger partial charge in [-0.3, -0.25) is 4.90 Å². The molecule has 0 spiro atoms. The van der Waals surface area contributed by atoms with Crippen molar-refractivity contribution in [3.05, 3.63) is 0 Å². The maximum absolute atomic E-state index is 12.3. The Labute approximate surface area is 121 Å². The predicted molar refractivity (Wildman–Crippen MR) is 76.8 cm³/mol. The average Bonchev–Trinajstić information content (AvgIpc) is 2.39. The normalized spacial score (nSPS) is 20.2. The fraction of sp³-hybridized carbons (Fsp3) is 1.00. The van der Waals surface area contributed by atoms with Gasteiger partial charge < -0.3 is 5.32 Å². The fourth-order valence-corrected chi connectivity index (χ4v) is 2.83. The molecule has 0 aliphatic carbocycles. The van der Waals surface area contributed by atoms with Crippen LogP contribution < -0.4 is 5.32 Å². The fourth-order valence-electron chi connectivity index (χ4n) is 2.83. The summed E-state index contributed by atoms with van der Waals surface area (Å²) in [5.74, 6) is 0.711. The Morgan fingerprint density at radius 2 is 1.85 bits per heavy atom. The average molecular weight is 294 g/mol. The summed E-state index contributed by atoms with van der Waals surface area (Å²) in [6.07, 6.45) is 2.54. The lowest BCUT2D eigenvalue weighted by atomic mass is 9.98. The van der Waals surface area contributed by atoms with Crippen molar-refractivity contribution in [2.75, 3.05) is 26.2 Å². The smallest absolute Gasteiger partial charge is 0.314 e. The van der Waals surface area contributed by atoms with E-state index >= 15 is 0 Å². The van der Waals surface area contributed by atoms with Crippen LogP contribution in [0.1, 0.15) is 52.4 Å². The zero-order valence-corrected chi connectivity index (χ0v) is 12.8. The third kappa shape index (κ3) is 7.48. The number of nitrogens with one attached hydrogen (secondary N) is 1. The zero-order valence-electron chi connectivity index (χ0n) is 12.8. The van der Waals surface area contributed by atoms with Crippen LogP contribution in [0.4, 0.5) is 13.2 Å². The van der Waals surface area contributed by atoms with E-state index in [2.05, 4.69) is 19.2 Å². The van der Waals surface area contributed by atoms with Crippen LogP contribution in [0.5, 0.6) is 0 Å². The van der Waals surface area contributed by atoms with Gasteiger partial charge in [0.1, 0.15) is 0 Å². The van der Waals surface area contributed by atoms with E-state index in [1.54, 1.807) is 0 Å². The second-order valence-corrected chi connectivity index (χ2v) is 5.99. The highest BCUT2D eigenvalue weighted by atomic mass is 19.4. The van der Waals surface area contributed by atoms with Gasteiger partial charge >= 0.3 is 6.18 Å². The number of rotatable bonds is 8. The molecule has 0 aromatic rings. The second-order valence-electron chi connectivity index (χ2n) is 5.99. The molecule has 1 aliphatic rings. The van der Waals surface area contributed by atoms with E-state index in [4.69, 9.17) is 0 Å². The Balaban J connectivity index is 2.18. The third-order valence-electron chi connectivity index (χ3n) is 4.23. The summed E-state index contributed by atoms with van der Waals surface area (Å²) < 4.78 is 36.9. The van der Waals surface area contributed by atoms with E-state index in [9.17, 15) is 13.2 Å². The molecule has 1 heterocycles. The van der Waals surface area contributed by atoms with Crippen LogP contribution in [0.3, 0.4) is 0 Å². The van der Waals surface area contributed by atoms with E-state index in [1.165, 1.54) is 30.6 Å². The molecule has 0 saturated carbocycles. The number of hydrogen-bond donors (Lipinski definition) is 1. The molecule has 1 N–H and O–H groups in total. The van der Waals surface area contributed by atoms with Gasteiger partial charge in [-0.15, -0.1) is 0 Å². The van der Waals surface area contributed by atoms with E-state index in [1.807, 2.05) is 0 Å². The lowest BCUT2D eigenvalue weighted by molar-refractivity contribution is -0.148. The molecule has 1 rings (SSSR count). The molecule has 1 saturated heterocycles. The lowest BCUT2D eigenvalue weighted by Gasteiger charge is -2.33. The molecule has 1 unspecified atom stereocenters. The lowest BCUT2D eigenvalue weighted by Crippen LogP contribution is -2.46. The van der Waals surface area contributed by atoms with Crippen LogP contribution in [-0.4, -0.2) is 43.3 Å². The molecule has 2 nitrogen and oxygen atoms in total. The third-order valence-corrected chi connectivity index (χ3v) is 4.23. The predicted octanol–water partition coefficient (Wildman–Crippen LogP) is 3.82. The summed E-state index contributed by atoms with van der Waals surface area (Å²) in [4.78, 5) is 1.52. The molecule has 1 atom stereocenters. The number of alkyl halides is 3. The Hall–Kier alpha value is -0.290. The van der Waals surface area contributed by atoms with Crippen LogP contribution in [0.15, 0.2) is 0 Å². The minimum absolute atomic E-state index is 0.398. The highest BCUT2D eigenvalue weighted by molar-refractivity contribution is 4.79. The van der Waals surface area contributed by atoms with Crippen molar-refractivity contribution in [3.63, 3.8) is 0 Å². The van der Waals surface area contributed by atoms with Gasteiger partial charge in [-0.25, -0.2) is 0 Å². The van der Waals surface area contributed by atoms with Crippen molar-refractivity contribution in [2.24, 2.45) is 5.92 Å². The molecule has 5 heteroatoms. The van der Waals surface area contributed by atoms with Crippen LogP contribution >= 0.6 is 0 Å². The molecule has 1 aliphatic heterocycles. The Morgan fingerprint density at radius 1 is 1.20 bits per heavy atom. The summed E-state index contributed by atoms with van der Waals surface area (Å²) in [5.41, 5.74) is 0. The molecule has 0 aromatic carbocycles. The summed E-state index contributed by atoms with van der Waals surface area (Å²) in [7, 11) is 0. The SMILES string of the molecule is CCCCC(CC)CNC1CCN(CC(F)(F)F)CC1. The van der Waals surface area contributed by atoms with Crippen LogP contribution in [-0.2, 0) is 0 Å². The molecule has 20 heavy (non-hydrogen) atoms. The first-order chi connectivity index (χ1) is 9.44. The molecule has 120 valence electrons. The topological polar surface area (TPSA) is 15.3 Å². The summed E-state index contributed by atoms with van der Waals surface area (Å²) in [6, 6.07) is 0.398. The van der Waals surface area contributed by atoms with Crippen molar-refractivity contribution in [1.29, 1.82) is 0 Å². The molecule has 1 fully saturated rings. The van der Waals surface area contributed by atoms with E-state index < -0.39 is 12.7 Å². The summed E-state index contributed by atoms with van der Waals surface area (Å²) in [6.45, 7) is 5.80. The maximum Gasteiger partial charge on any atom is 0.401 e. The Kier molecular flexibility index (Phi) is 7.88. The van der Waals surface area contributed by atoms with Crippen molar-refractivity contribution in [3.8, 4) is 0 Å². The van der Waals surface area contributed by atoms with Crippen LogP contribution in [0.2, 0.25) is 0 Å². The minimum atomic E-state index is -4.06. The first kappa shape index (κ1) is 17.8. The highest BCUT2D eigenvalue weighted by Crippen LogP contribution is 2.20. The van der Waals surface area contributed by atoms with Gasteiger partial charge in [-0.2, -0.15) is 13.2 Å². The number of hydrogen-bond acceptors (Lipinski definition) is 2. The molecular weight excluding hydrogens is 265 g/mol. The number of piperidine rings is 1. The number of unbranched alkanes of at least 4 members (excludes halogenated alkanes) is 1. The first-order valence-corrected chi connectivity index (χ1v) is 7.97. The van der Waals surface area contributed by atoms with E-state index in [-0.39, 0.29) is 0 Å². The van der Waals surface area contributed by atoms with Gasteiger partial charge in [0.15, 0.2) is 0 Å². The maximum atomic E-state index is 12.3. The van der Waals surface area contributed by atoms with Gasteiger partial charge in [-0.1, -0.05) is 33.1 Å². The molecule has 0 radical (unpaired) electrons. The van der Waals surface area contributed by atoms with Gasteiger partial charge in [-0.05, 0) is 44.8 Å². The molecule has 0 aromatic heterocycles. The van der Waals surface area contributed by atoms with Gasteiger partial charge in [0.2, 0.25) is 0 Å².